The smallest absolute Gasteiger partial charge is 0.415 e. The maximum atomic E-state index is 11.8. The lowest BCUT2D eigenvalue weighted by molar-refractivity contribution is 0.0734. The van der Waals surface area contributed by atoms with Crippen LogP contribution in [0.3, 0.4) is 0 Å². The highest BCUT2D eigenvalue weighted by atomic mass is 16.6. The molecule has 2 rings (SSSR count). The first-order valence-corrected chi connectivity index (χ1v) is 5.76. The minimum Gasteiger partial charge on any atom is -0.440 e. The van der Waals surface area contributed by atoms with Crippen LogP contribution >= 0.6 is 0 Å². The number of rotatable bonds is 3. The Morgan fingerprint density at radius 3 is 2.65 bits per heavy atom. The Labute approximate surface area is 102 Å². The first kappa shape index (κ1) is 11.9. The zero-order valence-corrected chi connectivity index (χ0v) is 10.5. The number of cyclic esters (lactones) is 1. The van der Waals surface area contributed by atoms with E-state index in [0.717, 1.165) is 5.69 Å². The molecule has 1 amide bonds. The molecule has 1 aromatic carbocycles. The molecule has 1 aliphatic heterocycles. The van der Waals surface area contributed by atoms with Crippen molar-refractivity contribution in [3.63, 3.8) is 0 Å². The van der Waals surface area contributed by atoms with Gasteiger partial charge in [0.05, 0.1) is 6.54 Å². The van der Waals surface area contributed by atoms with Crippen LogP contribution in [-0.4, -0.2) is 31.8 Å². The van der Waals surface area contributed by atoms with Crippen LogP contribution in [0.15, 0.2) is 24.3 Å². The van der Waals surface area contributed by atoms with Gasteiger partial charge in [0.1, 0.15) is 5.60 Å². The molecule has 0 bridgehead atoms. The molecule has 4 nitrogen and oxygen atoms in total. The highest BCUT2D eigenvalue weighted by Gasteiger charge is 2.41. The van der Waals surface area contributed by atoms with Crippen molar-refractivity contribution in [1.29, 1.82) is 0 Å². The standard InChI is InChI=1S/C13H18N2O2/c1-10-4-6-11(7-5-10)15-9-13(2,8-14-3)17-12(15)16/h4-7,14H,8-9H2,1-3H3. The summed E-state index contributed by atoms with van der Waals surface area (Å²) >= 11 is 0. The van der Waals surface area contributed by atoms with Crippen LogP contribution in [0.4, 0.5) is 10.5 Å². The summed E-state index contributed by atoms with van der Waals surface area (Å²) in [6, 6.07) is 7.89. The van der Waals surface area contributed by atoms with Crippen molar-refractivity contribution < 1.29 is 9.53 Å². The number of nitrogens with zero attached hydrogens (tertiary/aromatic N) is 1. The average molecular weight is 234 g/mol. The van der Waals surface area contributed by atoms with Gasteiger partial charge in [-0.2, -0.15) is 0 Å². The van der Waals surface area contributed by atoms with Crippen molar-refractivity contribution in [2.24, 2.45) is 0 Å². The Morgan fingerprint density at radius 1 is 1.41 bits per heavy atom. The molecule has 1 atom stereocenters. The van der Waals surface area contributed by atoms with E-state index in [4.69, 9.17) is 4.74 Å². The van der Waals surface area contributed by atoms with E-state index in [1.54, 1.807) is 4.90 Å². The highest BCUT2D eigenvalue weighted by molar-refractivity contribution is 5.90. The molecule has 0 radical (unpaired) electrons. The molecule has 0 aromatic heterocycles. The number of hydrogen-bond acceptors (Lipinski definition) is 3. The third-order valence-electron chi connectivity index (χ3n) is 2.94. The maximum absolute atomic E-state index is 11.8. The van der Waals surface area contributed by atoms with Gasteiger partial charge in [-0.3, -0.25) is 4.90 Å². The van der Waals surface area contributed by atoms with Crippen molar-refractivity contribution in [1.82, 2.24) is 5.32 Å². The fourth-order valence-corrected chi connectivity index (χ4v) is 2.08. The second-order valence-corrected chi connectivity index (χ2v) is 4.77. The monoisotopic (exact) mass is 234 g/mol. The van der Waals surface area contributed by atoms with Crippen molar-refractivity contribution in [3.05, 3.63) is 29.8 Å². The largest absolute Gasteiger partial charge is 0.440 e. The van der Waals surface area contributed by atoms with Crippen LogP contribution < -0.4 is 10.2 Å². The van der Waals surface area contributed by atoms with Crippen LogP contribution in [0, 0.1) is 6.92 Å². The van der Waals surface area contributed by atoms with Gasteiger partial charge in [0.15, 0.2) is 0 Å². The fraction of sp³-hybridized carbons (Fsp3) is 0.462. The number of hydrogen-bond donors (Lipinski definition) is 1. The molecule has 0 saturated carbocycles. The second kappa shape index (κ2) is 4.37. The Morgan fingerprint density at radius 2 is 2.06 bits per heavy atom. The van der Waals surface area contributed by atoms with Gasteiger partial charge in [-0.15, -0.1) is 0 Å². The van der Waals surface area contributed by atoms with Crippen molar-refractivity contribution in [2.45, 2.75) is 19.4 Å². The molecule has 1 saturated heterocycles. The van der Waals surface area contributed by atoms with E-state index in [-0.39, 0.29) is 6.09 Å². The Bertz CT molecular complexity index is 416. The fourth-order valence-electron chi connectivity index (χ4n) is 2.08. The zero-order chi connectivity index (χ0) is 12.5. The minimum atomic E-state index is -0.448. The first-order chi connectivity index (χ1) is 8.04. The number of ether oxygens (including phenoxy) is 1. The lowest BCUT2D eigenvalue weighted by Crippen LogP contribution is -2.40. The zero-order valence-electron chi connectivity index (χ0n) is 10.5. The molecular weight excluding hydrogens is 216 g/mol. The van der Waals surface area contributed by atoms with E-state index < -0.39 is 5.60 Å². The van der Waals surface area contributed by atoms with E-state index in [2.05, 4.69) is 5.32 Å². The Balaban J connectivity index is 2.18. The summed E-state index contributed by atoms with van der Waals surface area (Å²) in [5.74, 6) is 0. The molecular formula is C13H18N2O2. The Hall–Kier alpha value is -1.55. The van der Waals surface area contributed by atoms with Gasteiger partial charge >= 0.3 is 6.09 Å². The lowest BCUT2D eigenvalue weighted by Gasteiger charge is -2.21. The number of anilines is 1. The van der Waals surface area contributed by atoms with Crippen molar-refractivity contribution in [2.75, 3.05) is 25.0 Å². The number of benzene rings is 1. The predicted molar refractivity (Wildman–Crippen MR) is 67.3 cm³/mol. The minimum absolute atomic E-state index is 0.272. The normalized spacial score (nSPS) is 23.9. The number of carbonyl (C=O) groups excluding carboxylic acids is 1. The molecule has 4 heteroatoms. The number of carbonyl (C=O) groups is 1. The molecule has 1 aromatic rings. The molecule has 1 N–H and O–H groups in total. The number of likely N-dealkylation sites (N-methyl/N-ethyl adjacent to an activating group) is 1. The molecule has 17 heavy (non-hydrogen) atoms. The molecule has 1 aliphatic rings. The first-order valence-electron chi connectivity index (χ1n) is 5.76. The molecule has 1 heterocycles. The van der Waals surface area contributed by atoms with Crippen LogP contribution in [0.5, 0.6) is 0 Å². The number of nitrogens with one attached hydrogen (secondary N) is 1. The van der Waals surface area contributed by atoms with Crippen LogP contribution in [0.2, 0.25) is 0 Å². The molecule has 0 spiro atoms. The summed E-state index contributed by atoms with van der Waals surface area (Å²) in [6.45, 7) is 5.20. The predicted octanol–water partition coefficient (Wildman–Crippen LogP) is 1.93. The molecule has 92 valence electrons. The van der Waals surface area contributed by atoms with Crippen molar-refractivity contribution in [3.8, 4) is 0 Å². The number of amides is 1. The van der Waals surface area contributed by atoms with Gasteiger partial charge in [-0.25, -0.2) is 4.79 Å². The maximum Gasteiger partial charge on any atom is 0.415 e. The quantitative estimate of drug-likeness (QED) is 0.869. The summed E-state index contributed by atoms with van der Waals surface area (Å²) in [5.41, 5.74) is 1.62. The number of aryl methyl sites for hydroxylation is 1. The summed E-state index contributed by atoms with van der Waals surface area (Å²) < 4.78 is 5.41. The topological polar surface area (TPSA) is 41.6 Å². The van der Waals surface area contributed by atoms with Crippen molar-refractivity contribution >= 4 is 11.8 Å². The van der Waals surface area contributed by atoms with Crippen LogP contribution in [0.25, 0.3) is 0 Å². The SMILES string of the molecule is CNCC1(C)CN(c2ccc(C)cc2)C(=O)O1. The van der Waals surface area contributed by atoms with Gasteiger partial charge < -0.3 is 10.1 Å². The van der Waals surface area contributed by atoms with E-state index in [1.165, 1.54) is 5.56 Å². The van der Waals surface area contributed by atoms with E-state index in [9.17, 15) is 4.79 Å². The molecule has 1 unspecified atom stereocenters. The van der Waals surface area contributed by atoms with E-state index in [1.807, 2.05) is 45.2 Å². The Kier molecular flexibility index (Phi) is 3.07. The van der Waals surface area contributed by atoms with Gasteiger partial charge in [-0.05, 0) is 33.0 Å². The second-order valence-electron chi connectivity index (χ2n) is 4.77. The summed E-state index contributed by atoms with van der Waals surface area (Å²) in [6.07, 6.45) is -0.272. The van der Waals surface area contributed by atoms with Gasteiger partial charge in [0, 0.05) is 12.2 Å². The van der Waals surface area contributed by atoms with Crippen LogP contribution in [-0.2, 0) is 4.74 Å². The third-order valence-corrected chi connectivity index (χ3v) is 2.94. The average Bonchev–Trinajstić information content (AvgIpc) is 2.56. The van der Waals surface area contributed by atoms with Crippen LogP contribution in [0.1, 0.15) is 12.5 Å². The third kappa shape index (κ3) is 2.42. The highest BCUT2D eigenvalue weighted by Crippen LogP contribution is 2.27. The van der Waals surface area contributed by atoms with Gasteiger partial charge in [0.2, 0.25) is 0 Å². The van der Waals surface area contributed by atoms with E-state index >= 15 is 0 Å². The van der Waals surface area contributed by atoms with Gasteiger partial charge in [0.25, 0.3) is 0 Å². The lowest BCUT2D eigenvalue weighted by atomic mass is 10.1. The summed E-state index contributed by atoms with van der Waals surface area (Å²) in [4.78, 5) is 13.5. The van der Waals surface area contributed by atoms with Gasteiger partial charge in [-0.1, -0.05) is 17.7 Å². The van der Waals surface area contributed by atoms with E-state index in [0.29, 0.717) is 13.1 Å². The summed E-state index contributed by atoms with van der Waals surface area (Å²) in [5, 5.41) is 3.05. The molecule has 1 fully saturated rings. The molecule has 0 aliphatic carbocycles. The summed E-state index contributed by atoms with van der Waals surface area (Å²) in [7, 11) is 1.85.